The van der Waals surface area contributed by atoms with Crippen molar-refractivity contribution < 1.29 is 0 Å². The van der Waals surface area contributed by atoms with Gasteiger partial charge in [-0.1, -0.05) is 19.9 Å². The fraction of sp³-hybridized carbons (Fsp3) is 0.619. The number of nitrogens with zero attached hydrogens (tertiary/aromatic N) is 3. The quantitative estimate of drug-likeness (QED) is 0.836. The summed E-state index contributed by atoms with van der Waals surface area (Å²) in [6, 6.07) is 7.20. The van der Waals surface area contributed by atoms with Crippen LogP contribution in [0.2, 0.25) is 0 Å². The summed E-state index contributed by atoms with van der Waals surface area (Å²) >= 11 is 1.76. The van der Waals surface area contributed by atoms with Gasteiger partial charge in [-0.05, 0) is 62.2 Å². The lowest BCUT2D eigenvalue weighted by Crippen LogP contribution is -2.55. The molecule has 3 aliphatic heterocycles. The molecule has 2 aromatic rings. The van der Waals surface area contributed by atoms with Crippen LogP contribution < -0.4 is 5.32 Å². The molecule has 0 aliphatic carbocycles. The van der Waals surface area contributed by atoms with Gasteiger partial charge in [-0.3, -0.25) is 4.90 Å². The van der Waals surface area contributed by atoms with Crippen molar-refractivity contribution in [1.82, 2.24) is 20.2 Å². The highest BCUT2D eigenvalue weighted by atomic mass is 32.1. The lowest BCUT2D eigenvalue weighted by Gasteiger charge is -2.50. The maximum atomic E-state index is 4.85. The van der Waals surface area contributed by atoms with Crippen molar-refractivity contribution in [3.63, 3.8) is 0 Å². The van der Waals surface area contributed by atoms with Crippen molar-refractivity contribution >= 4 is 11.3 Å². The van der Waals surface area contributed by atoms with Gasteiger partial charge in [0.05, 0.1) is 10.6 Å². The topological polar surface area (TPSA) is 41.1 Å². The van der Waals surface area contributed by atoms with Crippen LogP contribution in [0.15, 0.2) is 23.6 Å². The van der Waals surface area contributed by atoms with E-state index >= 15 is 0 Å². The van der Waals surface area contributed by atoms with E-state index in [0.29, 0.717) is 12.0 Å². The smallest absolute Gasteiger partial charge is 0.126 e. The highest BCUT2D eigenvalue weighted by Gasteiger charge is 2.41. The zero-order chi connectivity index (χ0) is 18.1. The Hall–Kier alpha value is -1.30. The van der Waals surface area contributed by atoms with Gasteiger partial charge in [-0.15, -0.1) is 11.3 Å². The van der Waals surface area contributed by atoms with Crippen LogP contribution in [0.4, 0.5) is 0 Å². The first-order chi connectivity index (χ1) is 12.6. The lowest BCUT2D eigenvalue weighted by molar-refractivity contribution is 0.0291. The molecule has 0 amide bonds. The predicted octanol–water partition coefficient (Wildman–Crippen LogP) is 3.94. The first kappa shape index (κ1) is 18.1. The summed E-state index contributed by atoms with van der Waals surface area (Å²) in [4.78, 5) is 13.5. The van der Waals surface area contributed by atoms with Gasteiger partial charge in [-0.2, -0.15) is 0 Å². The van der Waals surface area contributed by atoms with Gasteiger partial charge < -0.3 is 5.32 Å². The van der Waals surface area contributed by atoms with E-state index in [1.54, 1.807) is 11.3 Å². The fourth-order valence-corrected chi connectivity index (χ4v) is 5.24. The van der Waals surface area contributed by atoms with E-state index in [4.69, 9.17) is 4.98 Å². The molecule has 2 aromatic heterocycles. The minimum absolute atomic E-state index is 0.561. The molecule has 4 nitrogen and oxygen atoms in total. The summed E-state index contributed by atoms with van der Waals surface area (Å²) in [6.07, 6.45) is 2.61. The Morgan fingerprint density at radius 1 is 1.35 bits per heavy atom. The zero-order valence-corrected chi connectivity index (χ0v) is 16.9. The number of hydrogen-bond donors (Lipinski definition) is 1. The number of hydrogen-bond acceptors (Lipinski definition) is 5. The molecule has 26 heavy (non-hydrogen) atoms. The van der Waals surface area contributed by atoms with Crippen LogP contribution in [0.5, 0.6) is 0 Å². The molecule has 3 saturated heterocycles. The minimum Gasteiger partial charge on any atom is -0.315 e. The molecule has 3 aliphatic rings. The molecule has 5 heteroatoms. The van der Waals surface area contributed by atoms with Crippen molar-refractivity contribution in [2.24, 2.45) is 11.8 Å². The Morgan fingerprint density at radius 2 is 2.23 bits per heavy atom. The van der Waals surface area contributed by atoms with Crippen LogP contribution in [0.3, 0.4) is 0 Å². The van der Waals surface area contributed by atoms with Crippen molar-refractivity contribution in [3.05, 3.63) is 35.1 Å². The summed E-state index contributed by atoms with van der Waals surface area (Å²) in [5.41, 5.74) is 2.35. The summed E-state index contributed by atoms with van der Waals surface area (Å²) in [7, 11) is 0. The largest absolute Gasteiger partial charge is 0.315 e. The normalized spacial score (nSPS) is 28.0. The van der Waals surface area contributed by atoms with Crippen LogP contribution in [0, 0.1) is 18.8 Å². The number of aromatic nitrogens is 2. The molecule has 0 spiro atoms. The van der Waals surface area contributed by atoms with Crippen molar-refractivity contribution in [3.8, 4) is 10.6 Å². The highest BCUT2D eigenvalue weighted by molar-refractivity contribution is 7.13. The Labute approximate surface area is 161 Å². The van der Waals surface area contributed by atoms with E-state index < -0.39 is 0 Å². The predicted molar refractivity (Wildman–Crippen MR) is 109 cm³/mol. The van der Waals surface area contributed by atoms with E-state index in [9.17, 15) is 0 Å². The van der Waals surface area contributed by atoms with E-state index in [-0.39, 0.29) is 0 Å². The second-order valence-corrected chi connectivity index (χ2v) is 9.24. The first-order valence-corrected chi connectivity index (χ1v) is 10.8. The van der Waals surface area contributed by atoms with Gasteiger partial charge in [0.15, 0.2) is 0 Å². The van der Waals surface area contributed by atoms with Gasteiger partial charge in [0.2, 0.25) is 0 Å². The average molecular weight is 371 g/mol. The standard InChI is InChI=1S/C21H30N4S/c1-14(2)11-22-12-17-9-16-6-7-25(17)13-18(16)19-10-20(24-15(3)23-19)21-5-4-8-26-21/h4-5,8,10,14,16-18,22H,6-7,9,11-13H2,1-3H3/t16-,17+,18-/m0/s1. The Morgan fingerprint density at radius 3 is 2.92 bits per heavy atom. The summed E-state index contributed by atoms with van der Waals surface area (Å²) in [6.45, 7) is 11.2. The van der Waals surface area contributed by atoms with Gasteiger partial charge >= 0.3 is 0 Å². The molecule has 1 unspecified atom stereocenters. The van der Waals surface area contributed by atoms with Gasteiger partial charge in [-0.25, -0.2) is 9.97 Å². The monoisotopic (exact) mass is 370 g/mol. The third-order valence-corrected chi connectivity index (χ3v) is 6.71. The molecular weight excluding hydrogens is 340 g/mol. The number of fused-ring (bicyclic) bond motifs is 3. The Bertz CT molecular complexity index is 728. The van der Waals surface area contributed by atoms with Gasteiger partial charge in [0.25, 0.3) is 0 Å². The molecule has 1 N–H and O–H groups in total. The van der Waals surface area contributed by atoms with Crippen molar-refractivity contribution in [2.45, 2.75) is 45.6 Å². The second-order valence-electron chi connectivity index (χ2n) is 8.29. The number of thiophene rings is 1. The maximum Gasteiger partial charge on any atom is 0.126 e. The number of piperidine rings is 3. The molecule has 2 bridgehead atoms. The van der Waals surface area contributed by atoms with Crippen LogP contribution in [0.25, 0.3) is 10.6 Å². The second kappa shape index (κ2) is 7.75. The molecule has 0 radical (unpaired) electrons. The average Bonchev–Trinajstić information content (AvgIpc) is 3.16. The summed E-state index contributed by atoms with van der Waals surface area (Å²) in [5.74, 6) is 2.94. The van der Waals surface area contributed by atoms with Crippen LogP contribution in [-0.4, -0.2) is 47.1 Å². The third-order valence-electron chi connectivity index (χ3n) is 5.82. The molecule has 4 atom stereocenters. The van der Waals surface area contributed by atoms with Gasteiger partial charge in [0.1, 0.15) is 5.82 Å². The maximum absolute atomic E-state index is 4.85. The van der Waals surface area contributed by atoms with E-state index in [0.717, 1.165) is 43.0 Å². The molecule has 0 aromatic carbocycles. The molecular formula is C21H30N4S. The minimum atomic E-state index is 0.561. The van der Waals surface area contributed by atoms with Crippen LogP contribution >= 0.6 is 11.3 Å². The van der Waals surface area contributed by atoms with E-state index in [1.165, 1.54) is 30.0 Å². The molecule has 3 fully saturated rings. The third kappa shape index (κ3) is 3.85. The molecule has 5 rings (SSSR count). The fourth-order valence-electron chi connectivity index (χ4n) is 4.56. The SMILES string of the molecule is Cc1nc(-c2cccs2)cc([C@H]2CN3CC[C@H]2C[C@@H]3CNCC(C)C)n1. The number of rotatable bonds is 6. The van der Waals surface area contributed by atoms with Gasteiger partial charge in [0, 0.05) is 30.7 Å². The lowest BCUT2D eigenvalue weighted by atomic mass is 9.74. The van der Waals surface area contributed by atoms with Crippen molar-refractivity contribution in [2.75, 3.05) is 26.2 Å². The van der Waals surface area contributed by atoms with Crippen LogP contribution in [0.1, 0.15) is 44.1 Å². The number of aryl methyl sites for hydroxylation is 1. The highest BCUT2D eigenvalue weighted by Crippen LogP contribution is 2.41. The van der Waals surface area contributed by atoms with E-state index in [1.807, 2.05) is 6.92 Å². The Balaban J connectivity index is 1.48. The Kier molecular flexibility index (Phi) is 5.39. The molecule has 5 heterocycles. The number of nitrogens with one attached hydrogen (secondary N) is 1. The zero-order valence-electron chi connectivity index (χ0n) is 16.1. The first-order valence-electron chi connectivity index (χ1n) is 9.94. The summed E-state index contributed by atoms with van der Waals surface area (Å²) < 4.78 is 0. The summed E-state index contributed by atoms with van der Waals surface area (Å²) in [5, 5.41) is 5.79. The molecule has 0 saturated carbocycles. The van der Waals surface area contributed by atoms with Crippen LogP contribution in [-0.2, 0) is 0 Å². The van der Waals surface area contributed by atoms with E-state index in [2.05, 4.69) is 52.6 Å². The molecule has 140 valence electrons. The van der Waals surface area contributed by atoms with Crippen molar-refractivity contribution in [1.29, 1.82) is 0 Å².